The molecule has 2 aromatic rings. The van der Waals surface area contributed by atoms with Gasteiger partial charge in [-0.15, -0.1) is 0 Å². The maximum atomic E-state index is 12.3. The van der Waals surface area contributed by atoms with Crippen molar-refractivity contribution in [2.75, 3.05) is 24.2 Å². The Morgan fingerprint density at radius 2 is 1.90 bits per heavy atom. The fourth-order valence-corrected chi connectivity index (χ4v) is 2.17. The molecule has 1 heterocycles. The summed E-state index contributed by atoms with van der Waals surface area (Å²) in [7, 11) is 0. The Labute approximate surface area is 122 Å². The number of rotatable bonds is 3. The van der Waals surface area contributed by atoms with Gasteiger partial charge in [-0.25, -0.2) is 4.99 Å². The molecule has 5 heteroatoms. The second-order valence-corrected chi connectivity index (χ2v) is 4.62. The summed E-state index contributed by atoms with van der Waals surface area (Å²) in [6.45, 7) is 1.21. The van der Waals surface area contributed by atoms with Crippen LogP contribution < -0.4 is 11.1 Å². The van der Waals surface area contributed by atoms with Gasteiger partial charge in [-0.2, -0.15) is 0 Å². The number of aliphatic imine (C=N–C) groups is 1. The summed E-state index contributed by atoms with van der Waals surface area (Å²) in [6, 6.07) is 14.4. The SMILES string of the molecule is Nc1ccccc1C(=O)Nc1ccccc1C1=NCCO1. The lowest BCUT2D eigenvalue weighted by Crippen LogP contribution is -2.16. The number of nitrogens with one attached hydrogen (secondary N) is 1. The normalized spacial score (nSPS) is 13.4. The molecule has 0 fully saturated rings. The van der Waals surface area contributed by atoms with Gasteiger partial charge >= 0.3 is 0 Å². The molecule has 0 aliphatic carbocycles. The van der Waals surface area contributed by atoms with Crippen molar-refractivity contribution in [1.82, 2.24) is 0 Å². The van der Waals surface area contributed by atoms with Crippen LogP contribution in [0.1, 0.15) is 15.9 Å². The van der Waals surface area contributed by atoms with Gasteiger partial charge in [0.1, 0.15) is 6.61 Å². The first-order valence-corrected chi connectivity index (χ1v) is 6.68. The molecule has 3 N–H and O–H groups in total. The van der Waals surface area contributed by atoms with Gasteiger partial charge in [0.05, 0.1) is 23.4 Å². The fraction of sp³-hybridized carbons (Fsp3) is 0.125. The van der Waals surface area contributed by atoms with Crippen molar-refractivity contribution in [3.63, 3.8) is 0 Å². The van der Waals surface area contributed by atoms with E-state index in [0.29, 0.717) is 36.0 Å². The van der Waals surface area contributed by atoms with E-state index in [2.05, 4.69) is 10.3 Å². The highest BCUT2D eigenvalue weighted by atomic mass is 16.5. The van der Waals surface area contributed by atoms with Crippen LogP contribution in [-0.4, -0.2) is 25.0 Å². The van der Waals surface area contributed by atoms with Crippen LogP contribution in [-0.2, 0) is 4.74 Å². The predicted molar refractivity (Wildman–Crippen MR) is 82.6 cm³/mol. The molecule has 5 nitrogen and oxygen atoms in total. The number of ether oxygens (including phenoxy) is 1. The molecule has 3 rings (SSSR count). The molecule has 0 aromatic heterocycles. The largest absolute Gasteiger partial charge is 0.475 e. The number of amides is 1. The van der Waals surface area contributed by atoms with E-state index in [-0.39, 0.29) is 5.91 Å². The van der Waals surface area contributed by atoms with Crippen LogP contribution in [0, 0.1) is 0 Å². The van der Waals surface area contributed by atoms with E-state index in [1.54, 1.807) is 24.3 Å². The quantitative estimate of drug-likeness (QED) is 0.847. The van der Waals surface area contributed by atoms with E-state index in [4.69, 9.17) is 10.5 Å². The zero-order chi connectivity index (χ0) is 14.7. The lowest BCUT2D eigenvalue weighted by atomic mass is 10.1. The van der Waals surface area contributed by atoms with Crippen molar-refractivity contribution in [3.8, 4) is 0 Å². The van der Waals surface area contributed by atoms with Crippen LogP contribution in [0.15, 0.2) is 53.5 Å². The minimum atomic E-state index is -0.251. The van der Waals surface area contributed by atoms with Gasteiger partial charge < -0.3 is 15.8 Å². The second kappa shape index (κ2) is 5.66. The maximum Gasteiger partial charge on any atom is 0.257 e. The number of para-hydroxylation sites is 2. The van der Waals surface area contributed by atoms with Crippen molar-refractivity contribution in [1.29, 1.82) is 0 Å². The van der Waals surface area contributed by atoms with E-state index < -0.39 is 0 Å². The lowest BCUT2D eigenvalue weighted by molar-refractivity contribution is 0.102. The molecule has 0 saturated carbocycles. The minimum absolute atomic E-state index is 0.251. The molecule has 0 radical (unpaired) electrons. The Morgan fingerprint density at radius 1 is 1.14 bits per heavy atom. The number of benzene rings is 2. The number of nitrogen functional groups attached to an aromatic ring is 1. The van der Waals surface area contributed by atoms with Crippen LogP contribution >= 0.6 is 0 Å². The lowest BCUT2D eigenvalue weighted by Gasteiger charge is -2.11. The topological polar surface area (TPSA) is 76.7 Å². The Hall–Kier alpha value is -2.82. The molecule has 0 atom stereocenters. The number of hydrogen-bond donors (Lipinski definition) is 2. The fourth-order valence-electron chi connectivity index (χ4n) is 2.17. The number of carbonyl (C=O) groups is 1. The number of hydrogen-bond acceptors (Lipinski definition) is 4. The standard InChI is InChI=1S/C16H15N3O2/c17-13-7-3-1-5-11(13)15(20)19-14-8-4-2-6-12(14)16-18-9-10-21-16/h1-8H,9-10,17H2,(H,19,20). The van der Waals surface area contributed by atoms with Crippen molar-refractivity contribution in [2.24, 2.45) is 4.99 Å². The first-order valence-electron chi connectivity index (χ1n) is 6.68. The summed E-state index contributed by atoms with van der Waals surface area (Å²) in [5.41, 5.74) is 8.15. The van der Waals surface area contributed by atoms with Crippen molar-refractivity contribution in [2.45, 2.75) is 0 Å². The van der Waals surface area contributed by atoms with Crippen LogP contribution in [0.4, 0.5) is 11.4 Å². The van der Waals surface area contributed by atoms with Crippen molar-refractivity contribution in [3.05, 3.63) is 59.7 Å². The molecule has 2 aromatic carbocycles. The number of nitrogens with two attached hydrogens (primary N) is 1. The highest BCUT2D eigenvalue weighted by molar-refractivity contribution is 6.11. The van der Waals surface area contributed by atoms with Gasteiger partial charge in [0.15, 0.2) is 0 Å². The van der Waals surface area contributed by atoms with E-state index in [0.717, 1.165) is 5.56 Å². The number of anilines is 2. The molecular weight excluding hydrogens is 266 g/mol. The van der Waals surface area contributed by atoms with Crippen LogP contribution in [0.5, 0.6) is 0 Å². The van der Waals surface area contributed by atoms with Crippen molar-refractivity contribution >= 4 is 23.2 Å². The first kappa shape index (κ1) is 13.2. The average molecular weight is 281 g/mol. The summed E-state index contributed by atoms with van der Waals surface area (Å²) in [6.07, 6.45) is 0. The van der Waals surface area contributed by atoms with E-state index >= 15 is 0 Å². The zero-order valence-corrected chi connectivity index (χ0v) is 11.4. The zero-order valence-electron chi connectivity index (χ0n) is 11.4. The van der Waals surface area contributed by atoms with Crippen molar-refractivity contribution < 1.29 is 9.53 Å². The van der Waals surface area contributed by atoms with Crippen LogP contribution in [0.25, 0.3) is 0 Å². The molecule has 106 valence electrons. The number of nitrogens with zero attached hydrogens (tertiary/aromatic N) is 1. The Bertz CT molecular complexity index is 710. The summed E-state index contributed by atoms with van der Waals surface area (Å²) >= 11 is 0. The van der Waals surface area contributed by atoms with Gasteiger partial charge in [-0.1, -0.05) is 24.3 Å². The maximum absolute atomic E-state index is 12.3. The smallest absolute Gasteiger partial charge is 0.257 e. The highest BCUT2D eigenvalue weighted by Crippen LogP contribution is 2.20. The average Bonchev–Trinajstić information content (AvgIpc) is 3.02. The van der Waals surface area contributed by atoms with Gasteiger partial charge in [0, 0.05) is 5.69 Å². The highest BCUT2D eigenvalue weighted by Gasteiger charge is 2.17. The Kier molecular flexibility index (Phi) is 3.55. The molecule has 21 heavy (non-hydrogen) atoms. The van der Waals surface area contributed by atoms with Gasteiger partial charge in [0.25, 0.3) is 5.91 Å². The second-order valence-electron chi connectivity index (χ2n) is 4.62. The molecule has 1 amide bonds. The first-order chi connectivity index (χ1) is 10.3. The van der Waals surface area contributed by atoms with E-state index in [9.17, 15) is 4.79 Å². The molecular formula is C16H15N3O2. The van der Waals surface area contributed by atoms with Gasteiger partial charge in [0.2, 0.25) is 5.90 Å². The summed E-state index contributed by atoms with van der Waals surface area (Å²) in [5.74, 6) is 0.311. The van der Waals surface area contributed by atoms with E-state index in [1.165, 1.54) is 0 Å². The monoisotopic (exact) mass is 281 g/mol. The van der Waals surface area contributed by atoms with Gasteiger partial charge in [-0.3, -0.25) is 4.79 Å². The molecule has 1 aliphatic rings. The molecule has 0 unspecified atom stereocenters. The minimum Gasteiger partial charge on any atom is -0.475 e. The van der Waals surface area contributed by atoms with E-state index in [1.807, 2.05) is 24.3 Å². The third kappa shape index (κ3) is 2.72. The Morgan fingerprint density at radius 3 is 2.67 bits per heavy atom. The molecule has 0 bridgehead atoms. The van der Waals surface area contributed by atoms with Gasteiger partial charge in [-0.05, 0) is 24.3 Å². The molecule has 0 spiro atoms. The Balaban J connectivity index is 1.89. The molecule has 0 saturated heterocycles. The number of carbonyl (C=O) groups excluding carboxylic acids is 1. The predicted octanol–water partition coefficient (Wildman–Crippen LogP) is 2.30. The summed E-state index contributed by atoms with van der Waals surface area (Å²) in [4.78, 5) is 16.6. The van der Waals surface area contributed by atoms with Crippen LogP contribution in [0.3, 0.4) is 0 Å². The summed E-state index contributed by atoms with van der Waals surface area (Å²) in [5, 5.41) is 2.86. The third-order valence-electron chi connectivity index (χ3n) is 3.20. The van der Waals surface area contributed by atoms with Crippen LogP contribution in [0.2, 0.25) is 0 Å². The summed E-state index contributed by atoms with van der Waals surface area (Å²) < 4.78 is 5.46. The molecule has 1 aliphatic heterocycles. The third-order valence-corrected chi connectivity index (χ3v) is 3.20.